The molecule has 2 nitrogen and oxygen atoms in total. The summed E-state index contributed by atoms with van der Waals surface area (Å²) in [6.07, 6.45) is 0.949. The molecule has 1 saturated heterocycles. The second-order valence-electron chi connectivity index (χ2n) is 3.96. The van der Waals surface area contributed by atoms with E-state index in [0.29, 0.717) is 0 Å². The average molecular weight is 186 g/mol. The summed E-state index contributed by atoms with van der Waals surface area (Å²) in [5, 5.41) is 9.29. The van der Waals surface area contributed by atoms with Crippen LogP contribution >= 0.6 is 0 Å². The Morgan fingerprint density at radius 2 is 2.14 bits per heavy atom. The zero-order valence-corrected chi connectivity index (χ0v) is 8.62. The zero-order valence-electron chi connectivity index (χ0n) is 8.62. The van der Waals surface area contributed by atoms with E-state index in [9.17, 15) is 5.26 Å². The third kappa shape index (κ3) is 1.06. The molecule has 0 aliphatic carbocycles. The minimum absolute atomic E-state index is 0.356. The van der Waals surface area contributed by atoms with Crippen LogP contribution in [0.15, 0.2) is 24.3 Å². The maximum Gasteiger partial charge on any atom is 0.135 e. The van der Waals surface area contributed by atoms with Crippen LogP contribution in [0.2, 0.25) is 0 Å². The molecule has 1 atom stereocenters. The normalized spacial score (nSPS) is 26.6. The fourth-order valence-corrected chi connectivity index (χ4v) is 2.14. The Labute approximate surface area is 84.8 Å². The van der Waals surface area contributed by atoms with Crippen LogP contribution in [-0.4, -0.2) is 18.5 Å². The van der Waals surface area contributed by atoms with Gasteiger partial charge in [-0.3, -0.25) is 4.90 Å². The monoisotopic (exact) mass is 186 g/mol. The van der Waals surface area contributed by atoms with Gasteiger partial charge in [-0.1, -0.05) is 24.3 Å². The summed E-state index contributed by atoms with van der Waals surface area (Å²) in [5.74, 6) is 0. The van der Waals surface area contributed by atoms with Gasteiger partial charge in [0.2, 0.25) is 0 Å². The van der Waals surface area contributed by atoms with Crippen molar-refractivity contribution in [2.45, 2.75) is 18.9 Å². The van der Waals surface area contributed by atoms with Crippen LogP contribution in [0.5, 0.6) is 0 Å². The third-order valence-electron chi connectivity index (χ3n) is 3.24. The minimum atomic E-state index is -0.356. The number of likely N-dealkylation sites (tertiary alicyclic amines) is 1. The highest BCUT2D eigenvalue weighted by atomic mass is 15.2. The molecule has 1 fully saturated rings. The Hall–Kier alpha value is -1.33. The molecule has 2 heteroatoms. The summed E-state index contributed by atoms with van der Waals surface area (Å²) in [5.41, 5.74) is 2.02. The third-order valence-corrected chi connectivity index (χ3v) is 3.24. The van der Waals surface area contributed by atoms with Crippen LogP contribution in [0.4, 0.5) is 0 Å². The Morgan fingerprint density at radius 1 is 1.43 bits per heavy atom. The van der Waals surface area contributed by atoms with Gasteiger partial charge in [-0.05, 0) is 31.5 Å². The van der Waals surface area contributed by atoms with Gasteiger partial charge in [0.1, 0.15) is 5.54 Å². The fourth-order valence-electron chi connectivity index (χ4n) is 2.14. The van der Waals surface area contributed by atoms with Crippen LogP contribution in [0.1, 0.15) is 17.5 Å². The van der Waals surface area contributed by atoms with Gasteiger partial charge in [0.05, 0.1) is 6.07 Å². The number of aryl methyl sites for hydroxylation is 1. The maximum absolute atomic E-state index is 9.29. The molecule has 1 aliphatic rings. The highest BCUT2D eigenvalue weighted by molar-refractivity contribution is 5.39. The van der Waals surface area contributed by atoms with Gasteiger partial charge in [-0.25, -0.2) is 0 Å². The predicted octanol–water partition coefficient (Wildman–Crippen LogP) is 2.05. The Balaban J connectivity index is 2.49. The van der Waals surface area contributed by atoms with E-state index < -0.39 is 0 Å². The maximum atomic E-state index is 9.29. The van der Waals surface area contributed by atoms with E-state index in [1.54, 1.807) is 0 Å². The summed E-state index contributed by atoms with van der Waals surface area (Å²) >= 11 is 0. The smallest absolute Gasteiger partial charge is 0.135 e. The molecule has 14 heavy (non-hydrogen) atoms. The number of benzene rings is 1. The van der Waals surface area contributed by atoms with Gasteiger partial charge in [-0.2, -0.15) is 5.26 Å². The molecule has 0 saturated carbocycles. The first-order valence-corrected chi connectivity index (χ1v) is 4.89. The van der Waals surface area contributed by atoms with E-state index in [1.807, 2.05) is 19.2 Å². The number of rotatable bonds is 1. The van der Waals surface area contributed by atoms with Crippen LogP contribution < -0.4 is 0 Å². The van der Waals surface area contributed by atoms with E-state index in [4.69, 9.17) is 0 Å². The summed E-state index contributed by atoms with van der Waals surface area (Å²) in [6.45, 7) is 3.09. The van der Waals surface area contributed by atoms with E-state index in [-0.39, 0.29) is 5.54 Å². The van der Waals surface area contributed by atoms with Gasteiger partial charge in [0.15, 0.2) is 0 Å². The van der Waals surface area contributed by atoms with Crippen molar-refractivity contribution in [3.05, 3.63) is 35.4 Å². The first kappa shape index (κ1) is 9.23. The first-order valence-electron chi connectivity index (χ1n) is 4.89. The van der Waals surface area contributed by atoms with Crippen LogP contribution in [0.25, 0.3) is 0 Å². The second-order valence-corrected chi connectivity index (χ2v) is 3.96. The summed E-state index contributed by atoms with van der Waals surface area (Å²) in [4.78, 5) is 2.12. The van der Waals surface area contributed by atoms with Gasteiger partial charge in [-0.15, -0.1) is 0 Å². The minimum Gasteiger partial charge on any atom is -0.285 e. The quantitative estimate of drug-likeness (QED) is 0.671. The number of nitrogens with zero attached hydrogens (tertiary/aromatic N) is 2. The largest absolute Gasteiger partial charge is 0.285 e. The standard InChI is InChI=1S/C12H14N2/c1-10-5-3-4-6-11(10)12(9-13)7-8-14(12)2/h3-6H,7-8H2,1-2H3. The summed E-state index contributed by atoms with van der Waals surface area (Å²) in [6, 6.07) is 10.6. The molecular weight excluding hydrogens is 172 g/mol. The van der Waals surface area contributed by atoms with Gasteiger partial charge in [0, 0.05) is 6.54 Å². The molecule has 0 amide bonds. The highest BCUT2D eigenvalue weighted by Crippen LogP contribution is 2.39. The van der Waals surface area contributed by atoms with Crippen molar-refractivity contribution in [2.24, 2.45) is 0 Å². The molecule has 2 rings (SSSR count). The van der Waals surface area contributed by atoms with E-state index in [0.717, 1.165) is 18.5 Å². The lowest BCUT2D eigenvalue weighted by Crippen LogP contribution is -2.54. The number of nitriles is 1. The fraction of sp³-hybridized carbons (Fsp3) is 0.417. The molecule has 0 N–H and O–H groups in total. The van der Waals surface area contributed by atoms with Crippen LogP contribution in [0.3, 0.4) is 0 Å². The first-order chi connectivity index (χ1) is 6.70. The number of hydrogen-bond acceptors (Lipinski definition) is 2. The molecular formula is C12H14N2. The molecule has 1 aromatic rings. The van der Waals surface area contributed by atoms with Gasteiger partial charge >= 0.3 is 0 Å². The Bertz CT molecular complexity index is 392. The van der Waals surface area contributed by atoms with E-state index in [2.05, 4.69) is 30.0 Å². The van der Waals surface area contributed by atoms with Crippen molar-refractivity contribution in [3.8, 4) is 6.07 Å². The lowest BCUT2D eigenvalue weighted by Gasteiger charge is -2.46. The van der Waals surface area contributed by atoms with Gasteiger partial charge in [0.25, 0.3) is 0 Å². The molecule has 72 valence electrons. The van der Waals surface area contributed by atoms with Crippen molar-refractivity contribution < 1.29 is 0 Å². The van der Waals surface area contributed by atoms with E-state index in [1.165, 1.54) is 5.56 Å². The topological polar surface area (TPSA) is 27.0 Å². The van der Waals surface area contributed by atoms with Crippen LogP contribution in [-0.2, 0) is 5.54 Å². The molecule has 0 aromatic heterocycles. The summed E-state index contributed by atoms with van der Waals surface area (Å²) in [7, 11) is 2.01. The zero-order chi connectivity index (χ0) is 10.2. The molecule has 0 radical (unpaired) electrons. The lowest BCUT2D eigenvalue weighted by atomic mass is 9.78. The van der Waals surface area contributed by atoms with Crippen molar-refractivity contribution in [1.82, 2.24) is 4.90 Å². The Morgan fingerprint density at radius 3 is 2.57 bits per heavy atom. The van der Waals surface area contributed by atoms with Crippen LogP contribution in [0, 0.1) is 18.3 Å². The molecule has 0 bridgehead atoms. The highest BCUT2D eigenvalue weighted by Gasteiger charge is 2.44. The molecule has 0 spiro atoms. The van der Waals surface area contributed by atoms with Crippen molar-refractivity contribution >= 4 is 0 Å². The second kappa shape index (κ2) is 3.11. The summed E-state index contributed by atoms with van der Waals surface area (Å²) < 4.78 is 0. The number of hydrogen-bond donors (Lipinski definition) is 0. The Kier molecular flexibility index (Phi) is 2.05. The molecule has 1 unspecified atom stereocenters. The van der Waals surface area contributed by atoms with Crippen molar-refractivity contribution in [1.29, 1.82) is 5.26 Å². The molecule has 1 aliphatic heterocycles. The van der Waals surface area contributed by atoms with Crippen molar-refractivity contribution in [2.75, 3.05) is 13.6 Å². The van der Waals surface area contributed by atoms with Gasteiger partial charge < -0.3 is 0 Å². The predicted molar refractivity (Wildman–Crippen MR) is 55.7 cm³/mol. The van der Waals surface area contributed by atoms with Crippen molar-refractivity contribution in [3.63, 3.8) is 0 Å². The lowest BCUT2D eigenvalue weighted by molar-refractivity contribution is 0.0587. The SMILES string of the molecule is Cc1ccccc1C1(C#N)CCN1C. The molecule has 1 heterocycles. The molecule has 1 aromatic carbocycles. The average Bonchev–Trinajstić information content (AvgIpc) is 2.20. The van der Waals surface area contributed by atoms with E-state index >= 15 is 0 Å².